The maximum absolute atomic E-state index is 12.1. The Balaban J connectivity index is 1.54. The molecular formula is C16H12F3N3O2S. The molecule has 25 heavy (non-hydrogen) atoms. The SMILES string of the molecule is FC(F)(F)COc1ccc(CSc2nnc(-c3ccncc3)o2)cc1. The van der Waals surface area contributed by atoms with Crippen LogP contribution in [-0.4, -0.2) is 28.0 Å². The molecule has 130 valence electrons. The van der Waals surface area contributed by atoms with Gasteiger partial charge in [0, 0.05) is 23.7 Å². The van der Waals surface area contributed by atoms with E-state index in [9.17, 15) is 13.2 Å². The van der Waals surface area contributed by atoms with E-state index in [1.54, 1.807) is 36.7 Å². The number of aromatic nitrogens is 3. The Morgan fingerprint density at radius 1 is 1.00 bits per heavy atom. The highest BCUT2D eigenvalue weighted by atomic mass is 32.2. The number of alkyl halides is 3. The number of hydrogen-bond donors (Lipinski definition) is 0. The lowest BCUT2D eigenvalue weighted by atomic mass is 10.2. The first-order valence-electron chi connectivity index (χ1n) is 7.15. The highest BCUT2D eigenvalue weighted by Crippen LogP contribution is 2.26. The molecule has 3 aromatic rings. The lowest BCUT2D eigenvalue weighted by Crippen LogP contribution is -2.19. The molecule has 0 amide bonds. The number of nitrogens with zero attached hydrogens (tertiary/aromatic N) is 3. The molecule has 0 fully saturated rings. The van der Waals surface area contributed by atoms with Crippen molar-refractivity contribution in [3.63, 3.8) is 0 Å². The number of ether oxygens (including phenoxy) is 1. The second kappa shape index (κ2) is 7.56. The van der Waals surface area contributed by atoms with Crippen LogP contribution < -0.4 is 4.74 Å². The number of hydrogen-bond acceptors (Lipinski definition) is 6. The third kappa shape index (κ3) is 5.21. The van der Waals surface area contributed by atoms with Gasteiger partial charge in [-0.05, 0) is 29.8 Å². The summed E-state index contributed by atoms with van der Waals surface area (Å²) < 4.78 is 46.5. The van der Waals surface area contributed by atoms with Crippen LogP contribution in [0.2, 0.25) is 0 Å². The van der Waals surface area contributed by atoms with E-state index >= 15 is 0 Å². The van der Waals surface area contributed by atoms with Crippen LogP contribution in [-0.2, 0) is 5.75 Å². The van der Waals surface area contributed by atoms with Crippen molar-refractivity contribution in [3.8, 4) is 17.2 Å². The topological polar surface area (TPSA) is 61.0 Å². The van der Waals surface area contributed by atoms with Crippen LogP contribution in [0.1, 0.15) is 5.56 Å². The molecule has 9 heteroatoms. The maximum Gasteiger partial charge on any atom is 0.422 e. The van der Waals surface area contributed by atoms with Crippen molar-refractivity contribution < 1.29 is 22.3 Å². The van der Waals surface area contributed by atoms with E-state index in [2.05, 4.69) is 19.9 Å². The Hall–Kier alpha value is -2.55. The first-order valence-corrected chi connectivity index (χ1v) is 8.13. The molecule has 3 rings (SSSR count). The van der Waals surface area contributed by atoms with Gasteiger partial charge < -0.3 is 9.15 Å². The van der Waals surface area contributed by atoms with E-state index < -0.39 is 12.8 Å². The van der Waals surface area contributed by atoms with Crippen LogP contribution in [0, 0.1) is 0 Å². The molecule has 5 nitrogen and oxygen atoms in total. The van der Waals surface area contributed by atoms with Crippen LogP contribution in [0.4, 0.5) is 13.2 Å². The third-order valence-corrected chi connectivity index (χ3v) is 3.91. The number of halogens is 3. The zero-order valence-corrected chi connectivity index (χ0v) is 13.5. The molecule has 1 aromatic carbocycles. The molecule has 0 unspecified atom stereocenters. The molecule has 2 heterocycles. The van der Waals surface area contributed by atoms with Gasteiger partial charge in [0.05, 0.1) is 0 Å². The molecule has 0 saturated heterocycles. The Kier molecular flexibility index (Phi) is 5.22. The smallest absolute Gasteiger partial charge is 0.422 e. The van der Waals surface area contributed by atoms with Crippen molar-refractivity contribution in [1.29, 1.82) is 0 Å². The normalized spacial score (nSPS) is 11.5. The Labute approximate surface area is 145 Å². The number of thioether (sulfide) groups is 1. The predicted molar refractivity (Wildman–Crippen MR) is 85.1 cm³/mol. The summed E-state index contributed by atoms with van der Waals surface area (Å²) in [5.41, 5.74) is 1.67. The molecule has 0 atom stereocenters. The van der Waals surface area contributed by atoms with Crippen LogP contribution in [0.15, 0.2) is 58.4 Å². The van der Waals surface area contributed by atoms with E-state index in [-0.39, 0.29) is 5.75 Å². The Morgan fingerprint density at radius 3 is 2.40 bits per heavy atom. The van der Waals surface area contributed by atoms with E-state index in [1.807, 2.05) is 0 Å². The van der Waals surface area contributed by atoms with Crippen LogP contribution >= 0.6 is 11.8 Å². The average Bonchev–Trinajstić information content (AvgIpc) is 3.08. The summed E-state index contributed by atoms with van der Waals surface area (Å²) in [5.74, 6) is 1.11. The largest absolute Gasteiger partial charge is 0.484 e. The van der Waals surface area contributed by atoms with E-state index in [0.29, 0.717) is 16.9 Å². The fraction of sp³-hybridized carbons (Fsp3) is 0.188. The predicted octanol–water partition coefficient (Wildman–Crippen LogP) is 4.37. The third-order valence-electron chi connectivity index (χ3n) is 3.02. The fourth-order valence-electron chi connectivity index (χ4n) is 1.87. The van der Waals surface area contributed by atoms with Gasteiger partial charge >= 0.3 is 6.18 Å². The summed E-state index contributed by atoms with van der Waals surface area (Å²) in [6.07, 6.45) is -1.08. The van der Waals surface area contributed by atoms with Gasteiger partial charge in [-0.3, -0.25) is 4.98 Å². The van der Waals surface area contributed by atoms with E-state index in [0.717, 1.165) is 11.1 Å². The summed E-state index contributed by atoms with van der Waals surface area (Å²) in [6.45, 7) is -1.30. The van der Waals surface area contributed by atoms with Crippen molar-refractivity contribution in [2.45, 2.75) is 17.2 Å². The van der Waals surface area contributed by atoms with E-state index in [4.69, 9.17) is 4.42 Å². The number of pyridine rings is 1. The van der Waals surface area contributed by atoms with Crippen LogP contribution in [0.25, 0.3) is 11.5 Å². The minimum atomic E-state index is -4.35. The summed E-state index contributed by atoms with van der Waals surface area (Å²) in [4.78, 5) is 3.92. The van der Waals surface area contributed by atoms with Gasteiger partial charge in [0.15, 0.2) is 6.61 Å². The Morgan fingerprint density at radius 2 is 1.72 bits per heavy atom. The summed E-state index contributed by atoms with van der Waals surface area (Å²) >= 11 is 1.34. The van der Waals surface area contributed by atoms with Crippen molar-refractivity contribution in [2.24, 2.45) is 0 Å². The van der Waals surface area contributed by atoms with Crippen molar-refractivity contribution >= 4 is 11.8 Å². The standard InChI is InChI=1S/C16H12F3N3O2S/c17-16(18,19)10-23-13-3-1-11(2-4-13)9-25-15-22-21-14(24-15)12-5-7-20-8-6-12/h1-8H,9-10H2. The molecule has 2 aromatic heterocycles. The highest BCUT2D eigenvalue weighted by Gasteiger charge is 2.28. The lowest BCUT2D eigenvalue weighted by molar-refractivity contribution is -0.153. The monoisotopic (exact) mass is 367 g/mol. The molecule has 0 aliphatic heterocycles. The van der Waals surface area contributed by atoms with Crippen molar-refractivity contribution in [1.82, 2.24) is 15.2 Å². The number of rotatable bonds is 6. The van der Waals surface area contributed by atoms with Gasteiger partial charge in [-0.25, -0.2) is 0 Å². The second-order valence-corrected chi connectivity index (χ2v) is 5.87. The van der Waals surface area contributed by atoms with E-state index in [1.165, 1.54) is 23.9 Å². The fourth-order valence-corrected chi connectivity index (χ4v) is 2.59. The minimum Gasteiger partial charge on any atom is -0.484 e. The number of benzene rings is 1. The van der Waals surface area contributed by atoms with Gasteiger partial charge in [-0.1, -0.05) is 23.9 Å². The van der Waals surface area contributed by atoms with Gasteiger partial charge in [0.2, 0.25) is 5.89 Å². The zero-order chi connectivity index (χ0) is 17.7. The van der Waals surface area contributed by atoms with Crippen molar-refractivity contribution in [3.05, 3.63) is 54.4 Å². The first kappa shape index (κ1) is 17.3. The van der Waals surface area contributed by atoms with Gasteiger partial charge in [0.25, 0.3) is 5.22 Å². The molecular weight excluding hydrogens is 355 g/mol. The highest BCUT2D eigenvalue weighted by molar-refractivity contribution is 7.98. The maximum atomic E-state index is 12.1. The average molecular weight is 367 g/mol. The van der Waals surface area contributed by atoms with Crippen LogP contribution in [0.3, 0.4) is 0 Å². The molecule has 0 aliphatic rings. The van der Waals surface area contributed by atoms with Crippen molar-refractivity contribution in [2.75, 3.05) is 6.61 Å². The quantitative estimate of drug-likeness (QED) is 0.603. The summed E-state index contributed by atoms with van der Waals surface area (Å²) in [6, 6.07) is 9.91. The second-order valence-electron chi connectivity index (χ2n) is 4.95. The van der Waals surface area contributed by atoms with Gasteiger partial charge in [0.1, 0.15) is 5.75 Å². The minimum absolute atomic E-state index is 0.170. The molecule has 0 aliphatic carbocycles. The van der Waals surface area contributed by atoms with Crippen LogP contribution in [0.5, 0.6) is 5.75 Å². The zero-order valence-electron chi connectivity index (χ0n) is 12.7. The van der Waals surface area contributed by atoms with Gasteiger partial charge in [-0.15, -0.1) is 10.2 Å². The molecule has 0 radical (unpaired) electrons. The molecule has 0 N–H and O–H groups in total. The molecule has 0 saturated carbocycles. The lowest BCUT2D eigenvalue weighted by Gasteiger charge is -2.09. The summed E-state index contributed by atoms with van der Waals surface area (Å²) in [5, 5.41) is 8.33. The van der Waals surface area contributed by atoms with Gasteiger partial charge in [-0.2, -0.15) is 13.2 Å². The first-order chi connectivity index (χ1) is 12.0. The summed E-state index contributed by atoms with van der Waals surface area (Å²) in [7, 11) is 0. The Bertz CT molecular complexity index is 807. The molecule has 0 spiro atoms. The molecule has 0 bridgehead atoms.